The Kier molecular flexibility index (Phi) is 8.61. The first kappa shape index (κ1) is 21.7. The standard InChI is InChI=1S/C21H40N6/c1-17(2)20-18(16-27(6)24-20)15-26(5)21(22-3)23-13-10-14-25(4)19-11-8-7-9-12-19/h16-17,19H,7-15H2,1-6H3,(H,22,23). The molecule has 0 aliphatic heterocycles. The fourth-order valence-corrected chi connectivity index (χ4v) is 4.11. The van der Waals surface area contributed by atoms with Gasteiger partial charge in [0, 0.05) is 52.0 Å². The van der Waals surface area contributed by atoms with Crippen molar-refractivity contribution >= 4 is 5.96 Å². The van der Waals surface area contributed by atoms with Gasteiger partial charge in [0.15, 0.2) is 5.96 Å². The highest BCUT2D eigenvalue weighted by Crippen LogP contribution is 2.21. The molecule has 2 rings (SSSR count). The minimum absolute atomic E-state index is 0.430. The molecule has 1 aliphatic rings. The Balaban J connectivity index is 1.77. The minimum atomic E-state index is 0.430. The van der Waals surface area contributed by atoms with E-state index in [1.54, 1.807) is 0 Å². The molecule has 0 bridgehead atoms. The van der Waals surface area contributed by atoms with E-state index >= 15 is 0 Å². The summed E-state index contributed by atoms with van der Waals surface area (Å²) < 4.78 is 1.91. The smallest absolute Gasteiger partial charge is 0.193 e. The van der Waals surface area contributed by atoms with Crippen molar-refractivity contribution in [3.05, 3.63) is 17.5 Å². The van der Waals surface area contributed by atoms with Crippen LogP contribution in [0, 0.1) is 0 Å². The van der Waals surface area contributed by atoms with Gasteiger partial charge in [-0.3, -0.25) is 9.67 Å². The number of hydrogen-bond donors (Lipinski definition) is 1. The van der Waals surface area contributed by atoms with Crippen molar-refractivity contribution in [2.75, 3.05) is 34.2 Å². The fraction of sp³-hybridized carbons (Fsp3) is 0.810. The quantitative estimate of drug-likeness (QED) is 0.430. The number of aliphatic imine (C=N–C) groups is 1. The van der Waals surface area contributed by atoms with E-state index < -0.39 is 0 Å². The lowest BCUT2D eigenvalue weighted by molar-refractivity contribution is 0.190. The molecule has 0 atom stereocenters. The highest BCUT2D eigenvalue weighted by atomic mass is 15.3. The molecule has 1 aromatic rings. The number of guanidine groups is 1. The molecule has 1 N–H and O–H groups in total. The molecule has 0 aromatic carbocycles. The zero-order chi connectivity index (χ0) is 19.8. The van der Waals surface area contributed by atoms with Gasteiger partial charge in [-0.2, -0.15) is 5.10 Å². The highest BCUT2D eigenvalue weighted by molar-refractivity contribution is 5.79. The van der Waals surface area contributed by atoms with E-state index in [4.69, 9.17) is 0 Å². The third-order valence-electron chi connectivity index (χ3n) is 5.63. The summed E-state index contributed by atoms with van der Waals surface area (Å²) in [5.41, 5.74) is 2.45. The molecule has 0 spiro atoms. The summed E-state index contributed by atoms with van der Waals surface area (Å²) in [4.78, 5) is 9.20. The molecule has 6 nitrogen and oxygen atoms in total. The summed E-state index contributed by atoms with van der Waals surface area (Å²) in [5.74, 6) is 1.38. The molecule has 1 aliphatic carbocycles. The van der Waals surface area contributed by atoms with Crippen LogP contribution in [0.25, 0.3) is 0 Å². The summed E-state index contributed by atoms with van der Waals surface area (Å²) in [6.45, 7) is 7.32. The van der Waals surface area contributed by atoms with Crippen LogP contribution in [0.4, 0.5) is 0 Å². The van der Waals surface area contributed by atoms with Gasteiger partial charge in [0.2, 0.25) is 0 Å². The molecular formula is C21H40N6. The van der Waals surface area contributed by atoms with Crippen LogP contribution in [0.1, 0.15) is 69.5 Å². The maximum atomic E-state index is 4.61. The summed E-state index contributed by atoms with van der Waals surface area (Å²) in [5, 5.41) is 8.14. The Morgan fingerprint density at radius 2 is 2.00 bits per heavy atom. The Labute approximate surface area is 166 Å². The van der Waals surface area contributed by atoms with Gasteiger partial charge in [0.1, 0.15) is 0 Å². The lowest BCUT2D eigenvalue weighted by Gasteiger charge is -2.31. The van der Waals surface area contributed by atoms with E-state index in [1.165, 1.54) is 43.4 Å². The van der Waals surface area contributed by atoms with Crippen LogP contribution >= 0.6 is 0 Å². The molecule has 0 radical (unpaired) electrons. The van der Waals surface area contributed by atoms with Gasteiger partial charge in [-0.1, -0.05) is 33.1 Å². The third kappa shape index (κ3) is 6.52. The van der Waals surface area contributed by atoms with Crippen LogP contribution in [0.15, 0.2) is 11.2 Å². The average molecular weight is 377 g/mol. The van der Waals surface area contributed by atoms with Crippen LogP contribution in [-0.4, -0.2) is 65.8 Å². The molecule has 1 aromatic heterocycles. The van der Waals surface area contributed by atoms with Gasteiger partial charge in [0.05, 0.1) is 5.69 Å². The second-order valence-electron chi connectivity index (χ2n) is 8.32. The van der Waals surface area contributed by atoms with Crippen molar-refractivity contribution in [1.29, 1.82) is 0 Å². The molecule has 1 saturated carbocycles. The lowest BCUT2D eigenvalue weighted by atomic mass is 9.94. The predicted octanol–water partition coefficient (Wildman–Crippen LogP) is 3.21. The van der Waals surface area contributed by atoms with Gasteiger partial charge in [-0.25, -0.2) is 0 Å². The first-order valence-electron chi connectivity index (χ1n) is 10.6. The van der Waals surface area contributed by atoms with E-state index in [2.05, 4.69) is 59.3 Å². The SMILES string of the molecule is CN=C(NCCCN(C)C1CCCCC1)N(C)Cc1cn(C)nc1C(C)C. The number of rotatable bonds is 8. The van der Waals surface area contributed by atoms with Crippen molar-refractivity contribution < 1.29 is 0 Å². The molecule has 1 fully saturated rings. The second kappa shape index (κ2) is 10.7. The van der Waals surface area contributed by atoms with Crippen LogP contribution in [0.3, 0.4) is 0 Å². The monoisotopic (exact) mass is 376 g/mol. The van der Waals surface area contributed by atoms with Gasteiger partial charge in [-0.05, 0) is 38.8 Å². The maximum Gasteiger partial charge on any atom is 0.193 e. The number of aryl methyl sites for hydroxylation is 1. The van der Waals surface area contributed by atoms with Crippen molar-refractivity contribution in [3.63, 3.8) is 0 Å². The van der Waals surface area contributed by atoms with Gasteiger partial charge >= 0.3 is 0 Å². The van der Waals surface area contributed by atoms with E-state index in [-0.39, 0.29) is 0 Å². The normalized spacial score (nSPS) is 16.4. The van der Waals surface area contributed by atoms with Crippen molar-refractivity contribution in [3.8, 4) is 0 Å². The number of aromatic nitrogens is 2. The Morgan fingerprint density at radius 1 is 1.30 bits per heavy atom. The largest absolute Gasteiger partial charge is 0.356 e. The zero-order valence-corrected chi connectivity index (χ0v) is 18.3. The molecular weight excluding hydrogens is 336 g/mol. The molecule has 0 amide bonds. The van der Waals surface area contributed by atoms with E-state index in [0.29, 0.717) is 5.92 Å². The lowest BCUT2D eigenvalue weighted by Crippen LogP contribution is -2.40. The predicted molar refractivity (Wildman–Crippen MR) is 114 cm³/mol. The third-order valence-corrected chi connectivity index (χ3v) is 5.63. The summed E-state index contributed by atoms with van der Waals surface area (Å²) >= 11 is 0. The van der Waals surface area contributed by atoms with Crippen molar-refractivity contribution in [1.82, 2.24) is 24.9 Å². The van der Waals surface area contributed by atoms with Crippen LogP contribution in [0.5, 0.6) is 0 Å². The second-order valence-corrected chi connectivity index (χ2v) is 8.32. The summed E-state index contributed by atoms with van der Waals surface area (Å²) in [6, 6.07) is 0.792. The Morgan fingerprint density at radius 3 is 2.63 bits per heavy atom. The first-order valence-corrected chi connectivity index (χ1v) is 10.6. The molecule has 0 saturated heterocycles. The first-order chi connectivity index (χ1) is 12.9. The van der Waals surface area contributed by atoms with E-state index in [9.17, 15) is 0 Å². The molecule has 6 heteroatoms. The van der Waals surface area contributed by atoms with E-state index in [0.717, 1.165) is 38.1 Å². The zero-order valence-electron chi connectivity index (χ0n) is 18.3. The Hall–Kier alpha value is -1.56. The molecule has 1 heterocycles. The van der Waals surface area contributed by atoms with Crippen LogP contribution < -0.4 is 5.32 Å². The average Bonchev–Trinajstić information content (AvgIpc) is 3.02. The van der Waals surface area contributed by atoms with Gasteiger partial charge < -0.3 is 15.1 Å². The van der Waals surface area contributed by atoms with Gasteiger partial charge in [-0.15, -0.1) is 0 Å². The maximum absolute atomic E-state index is 4.61. The molecule has 0 unspecified atom stereocenters. The summed E-state index contributed by atoms with van der Waals surface area (Å²) in [6.07, 6.45) is 10.2. The number of nitrogens with one attached hydrogen (secondary N) is 1. The Bertz CT molecular complexity index is 585. The minimum Gasteiger partial charge on any atom is -0.356 e. The molecule has 154 valence electrons. The van der Waals surface area contributed by atoms with Crippen molar-refractivity contribution in [2.24, 2.45) is 12.0 Å². The fourth-order valence-electron chi connectivity index (χ4n) is 4.11. The molecule has 27 heavy (non-hydrogen) atoms. The van der Waals surface area contributed by atoms with Gasteiger partial charge in [0.25, 0.3) is 0 Å². The number of nitrogens with zero attached hydrogens (tertiary/aromatic N) is 5. The topological polar surface area (TPSA) is 48.7 Å². The number of hydrogen-bond acceptors (Lipinski definition) is 3. The summed E-state index contributed by atoms with van der Waals surface area (Å²) in [7, 11) is 8.23. The highest BCUT2D eigenvalue weighted by Gasteiger charge is 2.18. The van der Waals surface area contributed by atoms with E-state index in [1.807, 2.05) is 18.8 Å². The van der Waals surface area contributed by atoms with Crippen molar-refractivity contribution in [2.45, 2.75) is 70.9 Å². The van der Waals surface area contributed by atoms with Crippen LogP contribution in [-0.2, 0) is 13.6 Å². The van der Waals surface area contributed by atoms with Crippen LogP contribution in [0.2, 0.25) is 0 Å².